The molecule has 1 unspecified atom stereocenters. The first-order valence-corrected chi connectivity index (χ1v) is 5.92. The lowest BCUT2D eigenvalue weighted by molar-refractivity contribution is 0.272. The Balaban J connectivity index is 2.37. The van der Waals surface area contributed by atoms with Crippen molar-refractivity contribution >= 4 is 11.6 Å². The third-order valence-electron chi connectivity index (χ3n) is 2.83. The Morgan fingerprint density at radius 2 is 2.00 bits per heavy atom. The third-order valence-corrected chi connectivity index (χ3v) is 3.08. The van der Waals surface area contributed by atoms with Gasteiger partial charge in [0.2, 0.25) is 0 Å². The molecule has 0 saturated carbocycles. The highest BCUT2D eigenvalue weighted by Gasteiger charge is 2.12. The smallest absolute Gasteiger partial charge is 0.0646 e. The first-order chi connectivity index (χ1) is 8.11. The van der Waals surface area contributed by atoms with E-state index in [1.807, 2.05) is 49.0 Å². The summed E-state index contributed by atoms with van der Waals surface area (Å²) in [4.78, 5) is 0. The summed E-state index contributed by atoms with van der Waals surface area (Å²) < 4.78 is 1.81. The van der Waals surface area contributed by atoms with Gasteiger partial charge in [-0.1, -0.05) is 18.5 Å². The number of benzene rings is 1. The second-order valence-corrected chi connectivity index (χ2v) is 4.61. The molecule has 0 amide bonds. The number of nitrogens with zero attached hydrogens (tertiary/aromatic N) is 2. The van der Waals surface area contributed by atoms with Gasteiger partial charge in [0, 0.05) is 23.7 Å². The highest BCUT2D eigenvalue weighted by molar-refractivity contribution is 6.30. The average molecular weight is 251 g/mol. The summed E-state index contributed by atoms with van der Waals surface area (Å²) in [6, 6.07) is 7.51. The van der Waals surface area contributed by atoms with E-state index in [1.165, 1.54) is 0 Å². The number of hydrogen-bond acceptors (Lipinski definition) is 2. The lowest BCUT2D eigenvalue weighted by Gasteiger charge is -2.04. The molecule has 1 N–H and O–H groups in total. The number of rotatable bonds is 3. The Bertz CT molecular complexity index is 505. The fourth-order valence-electron chi connectivity index (χ4n) is 1.78. The molecule has 0 aliphatic carbocycles. The van der Waals surface area contributed by atoms with Crippen molar-refractivity contribution in [2.24, 2.45) is 0 Å². The number of aliphatic hydroxyl groups is 1. The predicted molar refractivity (Wildman–Crippen MR) is 68.8 cm³/mol. The molecular formula is C13H15ClN2O. The SMILES string of the molecule is Cc1nn(-c2ccc(Cl)cc2)cc1C(C)CO. The van der Waals surface area contributed by atoms with Gasteiger partial charge in [-0.2, -0.15) is 5.10 Å². The van der Waals surface area contributed by atoms with E-state index in [0.29, 0.717) is 5.02 Å². The molecule has 1 aromatic heterocycles. The van der Waals surface area contributed by atoms with E-state index in [1.54, 1.807) is 0 Å². The van der Waals surface area contributed by atoms with Crippen LogP contribution in [-0.4, -0.2) is 21.5 Å². The lowest BCUT2D eigenvalue weighted by atomic mass is 10.0. The first-order valence-electron chi connectivity index (χ1n) is 5.54. The number of aliphatic hydroxyl groups excluding tert-OH is 1. The summed E-state index contributed by atoms with van der Waals surface area (Å²) in [7, 11) is 0. The fraction of sp³-hybridized carbons (Fsp3) is 0.308. The molecule has 3 nitrogen and oxygen atoms in total. The van der Waals surface area contributed by atoms with E-state index in [9.17, 15) is 5.11 Å². The molecule has 1 aromatic carbocycles. The van der Waals surface area contributed by atoms with Gasteiger partial charge in [-0.25, -0.2) is 4.68 Å². The van der Waals surface area contributed by atoms with Crippen molar-refractivity contribution in [1.29, 1.82) is 0 Å². The second-order valence-electron chi connectivity index (χ2n) is 4.17. The summed E-state index contributed by atoms with van der Waals surface area (Å²) in [6.07, 6.45) is 1.96. The maximum Gasteiger partial charge on any atom is 0.0646 e. The Hall–Kier alpha value is -1.32. The number of hydrogen-bond donors (Lipinski definition) is 1. The molecule has 0 spiro atoms. The van der Waals surface area contributed by atoms with Crippen LogP contribution in [0.1, 0.15) is 24.1 Å². The normalized spacial score (nSPS) is 12.7. The highest BCUT2D eigenvalue weighted by Crippen LogP contribution is 2.20. The van der Waals surface area contributed by atoms with E-state index in [-0.39, 0.29) is 12.5 Å². The summed E-state index contributed by atoms with van der Waals surface area (Å²) in [5, 5.41) is 14.3. The molecular weight excluding hydrogens is 236 g/mol. The van der Waals surface area contributed by atoms with Gasteiger partial charge >= 0.3 is 0 Å². The van der Waals surface area contributed by atoms with Crippen LogP contribution in [0.4, 0.5) is 0 Å². The highest BCUT2D eigenvalue weighted by atomic mass is 35.5. The molecule has 90 valence electrons. The molecule has 0 saturated heterocycles. The number of halogens is 1. The summed E-state index contributed by atoms with van der Waals surface area (Å²) in [6.45, 7) is 4.07. The van der Waals surface area contributed by atoms with Gasteiger partial charge in [0.05, 0.1) is 11.4 Å². The summed E-state index contributed by atoms with van der Waals surface area (Å²) in [5.41, 5.74) is 2.98. The number of aryl methyl sites for hydroxylation is 1. The van der Waals surface area contributed by atoms with Gasteiger partial charge in [0.15, 0.2) is 0 Å². The van der Waals surface area contributed by atoms with E-state index >= 15 is 0 Å². The van der Waals surface area contributed by atoms with E-state index < -0.39 is 0 Å². The van der Waals surface area contributed by atoms with Crippen LogP contribution in [0.3, 0.4) is 0 Å². The maximum absolute atomic E-state index is 9.17. The predicted octanol–water partition coefficient (Wildman–Crippen LogP) is 2.93. The molecule has 0 fully saturated rings. The van der Waals surface area contributed by atoms with Crippen molar-refractivity contribution in [2.75, 3.05) is 6.61 Å². The second kappa shape index (κ2) is 4.90. The molecule has 2 rings (SSSR count). The summed E-state index contributed by atoms with van der Waals surface area (Å²) in [5.74, 6) is 0.107. The van der Waals surface area contributed by atoms with Crippen LogP contribution < -0.4 is 0 Å². The Kier molecular flexibility index (Phi) is 3.50. The topological polar surface area (TPSA) is 38.0 Å². The van der Waals surface area contributed by atoms with Crippen LogP contribution in [0, 0.1) is 6.92 Å². The van der Waals surface area contributed by atoms with Crippen LogP contribution in [0.15, 0.2) is 30.5 Å². The Morgan fingerprint density at radius 1 is 1.35 bits per heavy atom. The van der Waals surface area contributed by atoms with Gasteiger partial charge in [-0.05, 0) is 36.8 Å². The third kappa shape index (κ3) is 2.51. The van der Waals surface area contributed by atoms with Crippen molar-refractivity contribution in [3.63, 3.8) is 0 Å². The van der Waals surface area contributed by atoms with Crippen LogP contribution in [0.2, 0.25) is 5.02 Å². The van der Waals surface area contributed by atoms with Gasteiger partial charge < -0.3 is 5.11 Å². The molecule has 4 heteroatoms. The minimum absolute atomic E-state index is 0.107. The standard InChI is InChI=1S/C13H15ClN2O/c1-9(8-17)13-7-16(15-10(13)2)12-5-3-11(14)4-6-12/h3-7,9,17H,8H2,1-2H3. The van der Waals surface area contributed by atoms with Crippen LogP contribution in [-0.2, 0) is 0 Å². The molecule has 1 heterocycles. The zero-order valence-corrected chi connectivity index (χ0v) is 10.6. The molecule has 0 radical (unpaired) electrons. The van der Waals surface area contributed by atoms with Crippen molar-refractivity contribution in [3.8, 4) is 5.69 Å². The molecule has 0 aliphatic rings. The monoisotopic (exact) mass is 250 g/mol. The van der Waals surface area contributed by atoms with Crippen molar-refractivity contribution in [1.82, 2.24) is 9.78 Å². The van der Waals surface area contributed by atoms with Gasteiger partial charge in [0.1, 0.15) is 0 Å². The Morgan fingerprint density at radius 3 is 2.59 bits per heavy atom. The van der Waals surface area contributed by atoms with Gasteiger partial charge in [-0.15, -0.1) is 0 Å². The zero-order valence-electron chi connectivity index (χ0n) is 9.89. The Labute approximate surface area is 106 Å². The van der Waals surface area contributed by atoms with E-state index in [2.05, 4.69) is 5.10 Å². The molecule has 1 atom stereocenters. The van der Waals surface area contributed by atoms with Gasteiger partial charge in [-0.3, -0.25) is 0 Å². The quantitative estimate of drug-likeness (QED) is 0.910. The number of aromatic nitrogens is 2. The van der Waals surface area contributed by atoms with Crippen molar-refractivity contribution < 1.29 is 5.11 Å². The molecule has 0 bridgehead atoms. The van der Waals surface area contributed by atoms with E-state index in [4.69, 9.17) is 11.6 Å². The summed E-state index contributed by atoms with van der Waals surface area (Å²) >= 11 is 5.85. The lowest BCUT2D eigenvalue weighted by Crippen LogP contribution is -1.98. The zero-order chi connectivity index (χ0) is 12.4. The molecule has 17 heavy (non-hydrogen) atoms. The van der Waals surface area contributed by atoms with Gasteiger partial charge in [0.25, 0.3) is 0 Å². The first kappa shape index (κ1) is 12.1. The van der Waals surface area contributed by atoms with Crippen LogP contribution >= 0.6 is 11.6 Å². The maximum atomic E-state index is 9.17. The minimum Gasteiger partial charge on any atom is -0.396 e. The largest absolute Gasteiger partial charge is 0.396 e. The molecule has 2 aromatic rings. The average Bonchev–Trinajstić information content (AvgIpc) is 2.71. The minimum atomic E-state index is 0.107. The fourth-order valence-corrected chi connectivity index (χ4v) is 1.91. The van der Waals surface area contributed by atoms with Crippen LogP contribution in [0.5, 0.6) is 0 Å². The van der Waals surface area contributed by atoms with Crippen molar-refractivity contribution in [3.05, 3.63) is 46.7 Å². The van der Waals surface area contributed by atoms with Crippen molar-refractivity contribution in [2.45, 2.75) is 19.8 Å². The van der Waals surface area contributed by atoms with E-state index in [0.717, 1.165) is 16.9 Å². The van der Waals surface area contributed by atoms with Crippen LogP contribution in [0.25, 0.3) is 5.69 Å². The molecule has 0 aliphatic heterocycles.